The molecule has 0 heterocycles. The van der Waals surface area contributed by atoms with E-state index in [1.54, 1.807) is 0 Å². The summed E-state index contributed by atoms with van der Waals surface area (Å²) in [6, 6.07) is 0.700. The van der Waals surface area contributed by atoms with E-state index >= 15 is 0 Å². The second-order valence-corrected chi connectivity index (χ2v) is 5.53. The molecule has 1 heteroatoms. The molecule has 1 unspecified atom stereocenters. The normalized spacial score (nSPS) is 25.8. The van der Waals surface area contributed by atoms with Crippen LogP contribution >= 0.6 is 0 Å². The quantitative estimate of drug-likeness (QED) is 0.708. The molecule has 1 fully saturated rings. The molecular weight excluding hydrogens is 158 g/mol. The minimum absolute atomic E-state index is 0.624. The predicted octanol–water partition coefficient (Wildman–Crippen LogP) is 3.20. The van der Waals surface area contributed by atoms with Crippen molar-refractivity contribution in [2.24, 2.45) is 11.3 Å². The second-order valence-electron chi connectivity index (χ2n) is 5.53. The molecule has 1 aliphatic carbocycles. The van der Waals surface area contributed by atoms with Crippen LogP contribution in [0.4, 0.5) is 0 Å². The van der Waals surface area contributed by atoms with Gasteiger partial charge in [0.05, 0.1) is 0 Å². The fourth-order valence-corrected chi connectivity index (χ4v) is 2.31. The molecule has 0 aliphatic heterocycles. The summed E-state index contributed by atoms with van der Waals surface area (Å²) >= 11 is 0. The van der Waals surface area contributed by atoms with Gasteiger partial charge in [0.25, 0.3) is 0 Å². The van der Waals surface area contributed by atoms with Crippen molar-refractivity contribution in [3.05, 3.63) is 0 Å². The molecule has 1 N–H and O–H groups in total. The molecule has 1 atom stereocenters. The van der Waals surface area contributed by atoms with Crippen LogP contribution in [-0.4, -0.2) is 13.1 Å². The summed E-state index contributed by atoms with van der Waals surface area (Å²) in [4.78, 5) is 0. The van der Waals surface area contributed by atoms with Crippen molar-refractivity contribution < 1.29 is 0 Å². The first-order valence-electron chi connectivity index (χ1n) is 5.71. The molecule has 1 rings (SSSR count). The molecule has 0 spiro atoms. The Bertz CT molecular complexity index is 141. The summed E-state index contributed by atoms with van der Waals surface area (Å²) in [6.07, 6.45) is 7.10. The molecule has 0 aromatic carbocycles. The van der Waals surface area contributed by atoms with Crippen molar-refractivity contribution in [1.82, 2.24) is 5.32 Å². The smallest absolute Gasteiger partial charge is 0.00383 e. The maximum atomic E-state index is 3.33. The third-order valence-corrected chi connectivity index (χ3v) is 3.64. The Hall–Kier alpha value is -0.0400. The summed E-state index contributed by atoms with van der Waals surface area (Å²) in [6.45, 7) is 7.11. The standard InChI is InChI=1S/C12H25N/c1-10(13-4)9-11-5-7-12(2,3)8-6-11/h10-11,13H,5-9H2,1-4H3. The predicted molar refractivity (Wildman–Crippen MR) is 58.9 cm³/mol. The van der Waals surface area contributed by atoms with Gasteiger partial charge < -0.3 is 5.32 Å². The van der Waals surface area contributed by atoms with Crippen LogP contribution < -0.4 is 5.32 Å². The van der Waals surface area contributed by atoms with Crippen molar-refractivity contribution in [2.75, 3.05) is 7.05 Å². The van der Waals surface area contributed by atoms with E-state index in [1.807, 2.05) is 0 Å². The van der Waals surface area contributed by atoms with Gasteiger partial charge in [0.2, 0.25) is 0 Å². The molecule has 0 aromatic heterocycles. The maximum absolute atomic E-state index is 3.33. The van der Waals surface area contributed by atoms with Crippen LogP contribution in [0.3, 0.4) is 0 Å². The number of hydrogen-bond acceptors (Lipinski definition) is 1. The summed E-state index contributed by atoms with van der Waals surface area (Å²) in [7, 11) is 2.07. The summed E-state index contributed by atoms with van der Waals surface area (Å²) in [5.74, 6) is 0.982. The summed E-state index contributed by atoms with van der Waals surface area (Å²) < 4.78 is 0. The van der Waals surface area contributed by atoms with E-state index in [1.165, 1.54) is 32.1 Å². The molecule has 13 heavy (non-hydrogen) atoms. The van der Waals surface area contributed by atoms with Gasteiger partial charge in [-0.15, -0.1) is 0 Å². The third-order valence-electron chi connectivity index (χ3n) is 3.64. The third kappa shape index (κ3) is 3.68. The number of nitrogens with one attached hydrogen (secondary N) is 1. The summed E-state index contributed by atoms with van der Waals surface area (Å²) in [5.41, 5.74) is 0.624. The van der Waals surface area contributed by atoms with Gasteiger partial charge in [-0.3, -0.25) is 0 Å². The average Bonchev–Trinajstić information content (AvgIpc) is 2.08. The summed E-state index contributed by atoms with van der Waals surface area (Å²) in [5, 5.41) is 3.33. The van der Waals surface area contributed by atoms with Gasteiger partial charge in [0.15, 0.2) is 0 Å². The first kappa shape index (κ1) is 11.0. The Kier molecular flexibility index (Phi) is 3.78. The second kappa shape index (κ2) is 4.45. The lowest BCUT2D eigenvalue weighted by Crippen LogP contribution is -2.28. The molecule has 0 bridgehead atoms. The van der Waals surface area contributed by atoms with Crippen molar-refractivity contribution in [3.8, 4) is 0 Å². The van der Waals surface area contributed by atoms with Crippen LogP contribution in [0.25, 0.3) is 0 Å². The van der Waals surface area contributed by atoms with E-state index in [4.69, 9.17) is 0 Å². The van der Waals surface area contributed by atoms with Gasteiger partial charge in [0.1, 0.15) is 0 Å². The lowest BCUT2D eigenvalue weighted by atomic mass is 9.72. The zero-order chi connectivity index (χ0) is 9.90. The van der Waals surface area contributed by atoms with Gasteiger partial charge in [-0.1, -0.05) is 13.8 Å². The van der Waals surface area contributed by atoms with E-state index in [0.717, 1.165) is 5.92 Å². The fraction of sp³-hybridized carbons (Fsp3) is 1.00. The average molecular weight is 183 g/mol. The first-order valence-corrected chi connectivity index (χ1v) is 5.71. The van der Waals surface area contributed by atoms with Crippen molar-refractivity contribution in [3.63, 3.8) is 0 Å². The molecule has 0 aromatic rings. The van der Waals surface area contributed by atoms with Crippen LogP contribution in [0, 0.1) is 11.3 Å². The minimum Gasteiger partial charge on any atom is -0.317 e. The SMILES string of the molecule is CNC(C)CC1CCC(C)(C)CC1. The van der Waals surface area contributed by atoms with Crippen molar-refractivity contribution in [1.29, 1.82) is 0 Å². The van der Waals surface area contributed by atoms with Crippen LogP contribution in [0.15, 0.2) is 0 Å². The van der Waals surface area contributed by atoms with Crippen LogP contribution in [0.5, 0.6) is 0 Å². The molecule has 1 aliphatic rings. The van der Waals surface area contributed by atoms with E-state index in [9.17, 15) is 0 Å². The van der Waals surface area contributed by atoms with Gasteiger partial charge in [-0.05, 0) is 57.4 Å². The highest BCUT2D eigenvalue weighted by atomic mass is 14.8. The van der Waals surface area contributed by atoms with Crippen LogP contribution in [-0.2, 0) is 0 Å². The first-order chi connectivity index (χ1) is 6.03. The highest BCUT2D eigenvalue weighted by Crippen LogP contribution is 2.39. The molecule has 1 saturated carbocycles. The van der Waals surface area contributed by atoms with Gasteiger partial charge in [0, 0.05) is 6.04 Å². The zero-order valence-corrected chi connectivity index (χ0v) is 9.69. The maximum Gasteiger partial charge on any atom is 0.00383 e. The van der Waals surface area contributed by atoms with Crippen LogP contribution in [0.2, 0.25) is 0 Å². The molecule has 0 saturated heterocycles. The monoisotopic (exact) mass is 183 g/mol. The Morgan fingerprint density at radius 1 is 1.31 bits per heavy atom. The van der Waals surface area contributed by atoms with Crippen LogP contribution in [0.1, 0.15) is 52.9 Å². The Labute approximate surface area is 83.3 Å². The van der Waals surface area contributed by atoms with Crippen molar-refractivity contribution in [2.45, 2.75) is 58.9 Å². The van der Waals surface area contributed by atoms with E-state index in [2.05, 4.69) is 33.1 Å². The molecule has 78 valence electrons. The Morgan fingerprint density at radius 2 is 1.85 bits per heavy atom. The fourth-order valence-electron chi connectivity index (χ4n) is 2.31. The van der Waals surface area contributed by atoms with E-state index < -0.39 is 0 Å². The topological polar surface area (TPSA) is 12.0 Å². The number of hydrogen-bond donors (Lipinski definition) is 1. The van der Waals surface area contributed by atoms with E-state index in [0.29, 0.717) is 11.5 Å². The number of rotatable bonds is 3. The minimum atomic E-state index is 0.624. The van der Waals surface area contributed by atoms with Gasteiger partial charge in [-0.25, -0.2) is 0 Å². The molecule has 0 radical (unpaired) electrons. The Balaban J connectivity index is 2.25. The van der Waals surface area contributed by atoms with E-state index in [-0.39, 0.29) is 0 Å². The molecule has 1 nitrogen and oxygen atoms in total. The largest absolute Gasteiger partial charge is 0.317 e. The lowest BCUT2D eigenvalue weighted by molar-refractivity contribution is 0.178. The Morgan fingerprint density at radius 3 is 2.31 bits per heavy atom. The molecule has 0 amide bonds. The zero-order valence-electron chi connectivity index (χ0n) is 9.69. The highest BCUT2D eigenvalue weighted by molar-refractivity contribution is 4.80. The lowest BCUT2D eigenvalue weighted by Gasteiger charge is -2.35. The highest BCUT2D eigenvalue weighted by Gasteiger charge is 2.27. The van der Waals surface area contributed by atoms with Crippen molar-refractivity contribution >= 4 is 0 Å². The van der Waals surface area contributed by atoms with Gasteiger partial charge in [-0.2, -0.15) is 0 Å². The molecular formula is C12H25N. The van der Waals surface area contributed by atoms with Gasteiger partial charge >= 0.3 is 0 Å².